The number of Topliss-reactive ketones (excluding diaryl/α,β-unsaturated/α-hetero) is 1. The Morgan fingerprint density at radius 3 is 2.44 bits per heavy atom. The number of methoxy groups -OCH3 is 1. The topological polar surface area (TPSA) is 104 Å². The van der Waals surface area contributed by atoms with Crippen LogP contribution in [0.4, 0.5) is 0 Å². The van der Waals surface area contributed by atoms with Crippen LogP contribution < -0.4 is 4.74 Å². The van der Waals surface area contributed by atoms with Crippen molar-refractivity contribution >= 4 is 29.5 Å². The standard InChI is InChI=1S/C31H40N4O5S/c1-28(2,3)22-11-10-21(16-23(22)39-8)26(37)35-24(25-32-13-15-41-25)30(7,19-40-20-36)17-31(35,27(38)29(4,5)6)18-34-14-9-12-33-34/h9-16,20,24H,17-19H2,1-8H3. The van der Waals surface area contributed by atoms with Crippen LogP contribution in [0, 0.1) is 10.8 Å². The monoisotopic (exact) mass is 580 g/mol. The lowest BCUT2D eigenvalue weighted by molar-refractivity contribution is -0.138. The second kappa shape index (κ2) is 11.0. The van der Waals surface area contributed by atoms with Crippen LogP contribution in [0.1, 0.15) is 81.9 Å². The predicted molar refractivity (Wildman–Crippen MR) is 157 cm³/mol. The molecule has 1 saturated heterocycles. The zero-order chi connectivity index (χ0) is 30.2. The summed E-state index contributed by atoms with van der Waals surface area (Å²) in [5.74, 6) is 0.160. The molecule has 3 unspecified atom stereocenters. The Balaban J connectivity index is 2.00. The van der Waals surface area contributed by atoms with Gasteiger partial charge in [-0.15, -0.1) is 11.3 Å². The highest BCUT2D eigenvalue weighted by molar-refractivity contribution is 7.09. The lowest BCUT2D eigenvalue weighted by atomic mass is 9.72. The van der Waals surface area contributed by atoms with E-state index in [-0.39, 0.29) is 36.7 Å². The molecule has 0 radical (unpaired) electrons. The van der Waals surface area contributed by atoms with E-state index in [0.717, 1.165) is 5.56 Å². The summed E-state index contributed by atoms with van der Waals surface area (Å²) in [6, 6.07) is 6.60. The van der Waals surface area contributed by atoms with E-state index in [1.807, 2.05) is 39.1 Å². The smallest absolute Gasteiger partial charge is 0.293 e. The summed E-state index contributed by atoms with van der Waals surface area (Å²) in [6.45, 7) is 14.3. The van der Waals surface area contributed by atoms with Crippen LogP contribution in [-0.4, -0.2) is 57.1 Å². The zero-order valence-electron chi connectivity index (χ0n) is 25.1. The van der Waals surface area contributed by atoms with E-state index in [2.05, 4.69) is 30.9 Å². The van der Waals surface area contributed by atoms with Crippen molar-refractivity contribution in [2.75, 3.05) is 13.7 Å². The van der Waals surface area contributed by atoms with Crippen LogP contribution in [0.25, 0.3) is 0 Å². The number of hydrogen-bond donors (Lipinski definition) is 0. The quantitative estimate of drug-likeness (QED) is 0.309. The Hall–Kier alpha value is -3.53. The fourth-order valence-corrected chi connectivity index (χ4v) is 7.09. The van der Waals surface area contributed by atoms with Crippen molar-refractivity contribution in [1.82, 2.24) is 19.7 Å². The molecule has 3 aromatic rings. The van der Waals surface area contributed by atoms with E-state index >= 15 is 0 Å². The highest BCUT2D eigenvalue weighted by atomic mass is 32.1. The minimum Gasteiger partial charge on any atom is -0.496 e. The molecule has 1 amide bonds. The molecule has 0 saturated carbocycles. The zero-order valence-corrected chi connectivity index (χ0v) is 25.9. The molecule has 0 N–H and O–H groups in total. The van der Waals surface area contributed by atoms with E-state index in [1.165, 1.54) is 11.3 Å². The largest absolute Gasteiger partial charge is 0.496 e. The maximum absolute atomic E-state index is 14.9. The third-order valence-electron chi connectivity index (χ3n) is 7.80. The first-order valence-corrected chi connectivity index (χ1v) is 14.5. The third-order valence-corrected chi connectivity index (χ3v) is 8.63. The van der Waals surface area contributed by atoms with Crippen LogP contribution in [0.15, 0.2) is 48.2 Å². The van der Waals surface area contributed by atoms with Crippen LogP contribution in [0.5, 0.6) is 5.75 Å². The average Bonchev–Trinajstić information content (AvgIpc) is 3.66. The maximum atomic E-state index is 14.9. The van der Waals surface area contributed by atoms with Gasteiger partial charge in [-0.1, -0.05) is 54.5 Å². The van der Waals surface area contributed by atoms with Crippen molar-refractivity contribution in [3.8, 4) is 5.75 Å². The van der Waals surface area contributed by atoms with Gasteiger partial charge in [0.25, 0.3) is 12.4 Å². The van der Waals surface area contributed by atoms with E-state index < -0.39 is 22.4 Å². The van der Waals surface area contributed by atoms with Gasteiger partial charge in [0, 0.05) is 40.4 Å². The second-order valence-electron chi connectivity index (χ2n) is 13.2. The number of nitrogens with zero attached hydrogens (tertiary/aromatic N) is 4. The average molecular weight is 581 g/mol. The van der Waals surface area contributed by atoms with Gasteiger partial charge in [0.05, 0.1) is 26.3 Å². The highest BCUT2D eigenvalue weighted by Gasteiger charge is 2.65. The van der Waals surface area contributed by atoms with Gasteiger partial charge >= 0.3 is 0 Å². The molecule has 3 atom stereocenters. The molecule has 0 bridgehead atoms. The summed E-state index contributed by atoms with van der Waals surface area (Å²) in [6.07, 6.45) is 5.37. The number of aromatic nitrogens is 3. The van der Waals surface area contributed by atoms with Gasteiger partial charge in [-0.05, 0) is 35.6 Å². The normalized spacial score (nSPS) is 22.9. The third kappa shape index (κ3) is 5.66. The van der Waals surface area contributed by atoms with Crippen LogP contribution in [0.2, 0.25) is 0 Å². The Kier molecular flexibility index (Phi) is 8.19. The first kappa shape index (κ1) is 30.4. The highest BCUT2D eigenvalue weighted by Crippen LogP contribution is 2.58. The first-order valence-electron chi connectivity index (χ1n) is 13.7. The van der Waals surface area contributed by atoms with Crippen molar-refractivity contribution < 1.29 is 23.9 Å². The fraction of sp³-hybridized carbons (Fsp3) is 0.516. The van der Waals surface area contributed by atoms with Gasteiger partial charge in [0.15, 0.2) is 5.78 Å². The minimum absolute atomic E-state index is 0.00902. The summed E-state index contributed by atoms with van der Waals surface area (Å²) >= 11 is 1.41. The molecule has 3 heterocycles. The molecule has 1 aliphatic heterocycles. The number of carbonyl (C=O) groups is 3. The summed E-state index contributed by atoms with van der Waals surface area (Å²) in [4.78, 5) is 47.3. The van der Waals surface area contributed by atoms with Crippen molar-refractivity contribution in [1.29, 1.82) is 0 Å². The number of benzene rings is 1. The van der Waals surface area contributed by atoms with E-state index in [1.54, 1.807) is 53.5 Å². The van der Waals surface area contributed by atoms with Crippen molar-refractivity contribution in [2.45, 2.75) is 78.4 Å². The molecule has 41 heavy (non-hydrogen) atoms. The molecule has 1 aromatic carbocycles. The van der Waals surface area contributed by atoms with Crippen LogP contribution >= 0.6 is 11.3 Å². The number of rotatable bonds is 9. The number of ether oxygens (including phenoxy) is 2. The van der Waals surface area contributed by atoms with Gasteiger partial charge < -0.3 is 14.4 Å². The van der Waals surface area contributed by atoms with Crippen molar-refractivity contribution in [2.24, 2.45) is 10.8 Å². The molecule has 220 valence electrons. The molecule has 0 spiro atoms. The molecule has 1 aliphatic rings. The molecular weight excluding hydrogens is 540 g/mol. The summed E-state index contributed by atoms with van der Waals surface area (Å²) in [5, 5.41) is 6.94. The summed E-state index contributed by atoms with van der Waals surface area (Å²) < 4.78 is 12.8. The Morgan fingerprint density at radius 1 is 1.17 bits per heavy atom. The minimum atomic E-state index is -1.32. The number of carbonyl (C=O) groups excluding carboxylic acids is 3. The number of ketones is 1. The molecular formula is C31H40N4O5S. The van der Waals surface area contributed by atoms with Crippen molar-refractivity contribution in [3.63, 3.8) is 0 Å². The van der Waals surface area contributed by atoms with Crippen molar-refractivity contribution in [3.05, 3.63) is 64.4 Å². The van der Waals surface area contributed by atoms with Gasteiger partial charge in [0.2, 0.25) is 0 Å². The summed E-state index contributed by atoms with van der Waals surface area (Å²) in [7, 11) is 1.59. The fourth-order valence-electron chi connectivity index (χ4n) is 6.19. The van der Waals surface area contributed by atoms with Crippen LogP contribution in [0.3, 0.4) is 0 Å². The SMILES string of the molecule is COc1cc(C(=O)N2C(c3nccs3)C(C)(COC=O)CC2(Cn2cccn2)C(=O)C(C)(C)C)ccc1C(C)(C)C. The van der Waals surface area contributed by atoms with Gasteiger partial charge in [0.1, 0.15) is 16.3 Å². The number of hydrogen-bond acceptors (Lipinski definition) is 8. The Morgan fingerprint density at radius 2 is 1.90 bits per heavy atom. The summed E-state index contributed by atoms with van der Waals surface area (Å²) in [5.41, 5.74) is -1.80. The molecule has 1 fully saturated rings. The maximum Gasteiger partial charge on any atom is 0.293 e. The molecule has 4 rings (SSSR count). The lowest BCUT2D eigenvalue weighted by Gasteiger charge is -2.43. The predicted octanol–water partition coefficient (Wildman–Crippen LogP) is 5.47. The van der Waals surface area contributed by atoms with Gasteiger partial charge in [-0.3, -0.25) is 19.1 Å². The van der Waals surface area contributed by atoms with E-state index in [9.17, 15) is 14.4 Å². The van der Waals surface area contributed by atoms with E-state index in [4.69, 9.17) is 9.47 Å². The Bertz CT molecular complexity index is 1390. The number of amides is 1. The first-order chi connectivity index (χ1) is 19.2. The molecule has 2 aromatic heterocycles. The molecule has 10 heteroatoms. The lowest BCUT2D eigenvalue weighted by Crippen LogP contribution is -2.59. The van der Waals surface area contributed by atoms with E-state index in [0.29, 0.717) is 22.8 Å². The number of likely N-dealkylation sites (tertiary alicyclic amines) is 1. The Labute approximate surface area is 245 Å². The molecule has 9 nitrogen and oxygen atoms in total. The van der Waals surface area contributed by atoms with Gasteiger partial charge in [-0.25, -0.2) is 4.98 Å². The van der Waals surface area contributed by atoms with Crippen LogP contribution in [-0.2, 0) is 26.3 Å². The number of thiazole rings is 1. The molecule has 0 aliphatic carbocycles. The van der Waals surface area contributed by atoms with Gasteiger partial charge in [-0.2, -0.15) is 5.10 Å². The second-order valence-corrected chi connectivity index (χ2v) is 14.1.